The smallest absolute Gasteiger partial charge is 0.462 e. The van der Waals surface area contributed by atoms with E-state index in [9.17, 15) is 28.9 Å². The van der Waals surface area contributed by atoms with Crippen molar-refractivity contribution in [2.24, 2.45) is 0 Å². The molecule has 12 heteroatoms. The number of esters is 3. The number of aliphatic hydroxyl groups is 1. The van der Waals surface area contributed by atoms with Gasteiger partial charge in [-0.15, -0.1) is 0 Å². The van der Waals surface area contributed by atoms with E-state index < -0.39 is 57.8 Å². The van der Waals surface area contributed by atoms with E-state index in [-0.39, 0.29) is 25.9 Å². The zero-order valence-corrected chi connectivity index (χ0v) is 45.1. The summed E-state index contributed by atoms with van der Waals surface area (Å²) >= 11 is 0. The van der Waals surface area contributed by atoms with Crippen LogP contribution in [-0.2, 0) is 42.2 Å². The molecule has 0 aliphatic heterocycles. The Morgan fingerprint density at radius 2 is 0.800 bits per heavy atom. The van der Waals surface area contributed by atoms with Gasteiger partial charge in [0.1, 0.15) is 12.7 Å². The molecule has 402 valence electrons. The number of unbranched alkanes of at least 4 members (excludes halogenated alkanes) is 20. The van der Waals surface area contributed by atoms with Crippen LogP contribution in [0.2, 0.25) is 0 Å². The zero-order valence-electron chi connectivity index (χ0n) is 44.2. The van der Waals surface area contributed by atoms with E-state index in [1.807, 2.05) is 18.2 Å². The number of phosphoric ester groups is 1. The van der Waals surface area contributed by atoms with Gasteiger partial charge >= 0.3 is 25.7 Å². The predicted octanol–water partition coefficient (Wildman–Crippen LogP) is 15.9. The quantitative estimate of drug-likeness (QED) is 0.0197. The summed E-state index contributed by atoms with van der Waals surface area (Å²) < 4.78 is 39.3. The molecule has 0 heterocycles. The summed E-state index contributed by atoms with van der Waals surface area (Å²) in [5.74, 6) is -1.64. The highest BCUT2D eigenvalue weighted by molar-refractivity contribution is 7.47. The van der Waals surface area contributed by atoms with Crippen molar-refractivity contribution in [2.75, 3.05) is 26.4 Å². The lowest BCUT2D eigenvalue weighted by Crippen LogP contribution is -2.30. The Kier molecular flexibility index (Phi) is 49.5. The van der Waals surface area contributed by atoms with Gasteiger partial charge in [0.2, 0.25) is 0 Å². The van der Waals surface area contributed by atoms with Gasteiger partial charge in [0.25, 0.3) is 0 Å². The summed E-state index contributed by atoms with van der Waals surface area (Å²) in [5.41, 5.74) is 0. The molecular formula is C58H99O11P. The average Bonchev–Trinajstić information content (AvgIpc) is 3.35. The third kappa shape index (κ3) is 49.6. The number of carbonyl (C=O) groups is 3. The lowest BCUT2D eigenvalue weighted by atomic mass is 10.1. The third-order valence-electron chi connectivity index (χ3n) is 11.3. The van der Waals surface area contributed by atoms with Gasteiger partial charge in [-0.3, -0.25) is 23.4 Å². The third-order valence-corrected chi connectivity index (χ3v) is 12.3. The number of hydrogen-bond acceptors (Lipinski definition) is 10. The fourth-order valence-corrected chi connectivity index (χ4v) is 7.91. The summed E-state index contributed by atoms with van der Waals surface area (Å²) in [5, 5.41) is 9.79. The predicted molar refractivity (Wildman–Crippen MR) is 288 cm³/mol. The fraction of sp³-hybridized carbons (Fsp3) is 0.707. The van der Waals surface area contributed by atoms with Crippen LogP contribution in [0.5, 0.6) is 0 Å². The molecule has 11 nitrogen and oxygen atoms in total. The monoisotopic (exact) mass is 1000 g/mol. The summed E-state index contributed by atoms with van der Waals surface area (Å²) in [4.78, 5) is 48.3. The second kappa shape index (κ2) is 52.0. The molecule has 0 aliphatic carbocycles. The van der Waals surface area contributed by atoms with Crippen molar-refractivity contribution in [1.29, 1.82) is 0 Å². The number of phosphoric acid groups is 1. The van der Waals surface area contributed by atoms with Crippen molar-refractivity contribution in [2.45, 2.75) is 238 Å². The van der Waals surface area contributed by atoms with E-state index in [2.05, 4.69) is 81.5 Å². The van der Waals surface area contributed by atoms with Crippen LogP contribution in [0.1, 0.15) is 226 Å². The van der Waals surface area contributed by atoms with Gasteiger partial charge in [-0.1, -0.05) is 196 Å². The molecule has 0 saturated heterocycles. The minimum Gasteiger partial charge on any atom is -0.462 e. The van der Waals surface area contributed by atoms with E-state index in [1.54, 1.807) is 6.08 Å². The number of allylic oxidation sites excluding steroid dienone is 13. The normalized spacial score (nSPS) is 14.1. The lowest BCUT2D eigenvalue weighted by molar-refractivity contribution is -0.160. The number of ether oxygens (including phenoxy) is 3. The highest BCUT2D eigenvalue weighted by atomic mass is 31.2. The van der Waals surface area contributed by atoms with Crippen molar-refractivity contribution in [3.63, 3.8) is 0 Å². The Morgan fingerprint density at radius 3 is 1.26 bits per heavy atom. The fourth-order valence-electron chi connectivity index (χ4n) is 7.13. The molecule has 0 saturated carbocycles. The standard InChI is InChI=1S/C58H99O11P/c1-4-7-10-13-16-19-22-25-27-30-33-36-39-42-45-48-57(61)68-54(50-59)52-66-70(63,64)67-53-55(51-65-56(60)47-44-41-38-35-32-29-24-21-18-15-12-9-6-3)69-58(62)49-46-43-40-37-34-31-28-26-23-20-17-14-11-8-5-2/h8,11,17,20-21,24-28,34,37,43,46,54-55,59H,4-7,9-10,12-16,18-19,22-23,29-33,35-36,38-42,44-45,47-53H2,1-3H3,(H,63,64)/b11-8-,20-17-,24-21-,27-25-,28-26-,37-34-,46-43-. The number of rotatable bonds is 50. The maximum absolute atomic E-state index is 12.9. The van der Waals surface area contributed by atoms with Gasteiger partial charge in [0.05, 0.1) is 26.2 Å². The Balaban J connectivity index is 4.84. The van der Waals surface area contributed by atoms with Crippen LogP contribution >= 0.6 is 7.82 Å². The van der Waals surface area contributed by atoms with E-state index in [4.69, 9.17) is 23.3 Å². The summed E-state index contributed by atoms with van der Waals surface area (Å²) in [6.45, 7) is 4.37. The highest BCUT2D eigenvalue weighted by Gasteiger charge is 2.28. The molecule has 0 aliphatic rings. The van der Waals surface area contributed by atoms with E-state index in [0.717, 1.165) is 103 Å². The topological polar surface area (TPSA) is 155 Å². The summed E-state index contributed by atoms with van der Waals surface area (Å²) in [6.07, 6.45) is 58.6. The van der Waals surface area contributed by atoms with Gasteiger partial charge in [-0.05, 0) is 96.3 Å². The molecule has 3 unspecified atom stereocenters. The lowest BCUT2D eigenvalue weighted by Gasteiger charge is -2.21. The molecule has 0 radical (unpaired) electrons. The van der Waals surface area contributed by atoms with Crippen molar-refractivity contribution >= 4 is 25.7 Å². The van der Waals surface area contributed by atoms with Gasteiger partial charge in [-0.2, -0.15) is 0 Å². The average molecular weight is 1000 g/mol. The van der Waals surface area contributed by atoms with Crippen LogP contribution in [0.15, 0.2) is 85.1 Å². The van der Waals surface area contributed by atoms with Crippen LogP contribution in [0.3, 0.4) is 0 Å². The molecule has 0 bridgehead atoms. The molecule has 2 N–H and O–H groups in total. The molecule has 0 amide bonds. The first-order chi connectivity index (χ1) is 34.2. The maximum Gasteiger partial charge on any atom is 0.472 e. The second-order valence-corrected chi connectivity index (χ2v) is 19.5. The maximum atomic E-state index is 12.9. The van der Waals surface area contributed by atoms with E-state index in [1.165, 1.54) is 64.2 Å². The largest absolute Gasteiger partial charge is 0.472 e. The molecule has 0 rings (SSSR count). The molecule has 0 fully saturated rings. The second-order valence-electron chi connectivity index (χ2n) is 18.0. The summed E-state index contributed by atoms with van der Waals surface area (Å²) in [7, 11) is -4.77. The van der Waals surface area contributed by atoms with Gasteiger partial charge in [0, 0.05) is 12.8 Å². The molecule has 0 aromatic carbocycles. The number of aliphatic hydroxyl groups excluding tert-OH is 1. The molecule has 0 aromatic rings. The SMILES string of the molecule is CC/C=C\C/C=C\C/C=C\C/C=C\C/C=C\CC(=O)OC(COC(=O)CCCCCCC/C=C\CCCCCC)COP(=O)(O)OCC(CO)OC(=O)CCCCCCC/C=C\CCCCCCCC. The van der Waals surface area contributed by atoms with E-state index in [0.29, 0.717) is 19.3 Å². The highest BCUT2D eigenvalue weighted by Crippen LogP contribution is 2.43. The minimum absolute atomic E-state index is 0.0689. The molecular weight excluding hydrogens is 904 g/mol. The molecule has 0 spiro atoms. The first kappa shape index (κ1) is 66.7. The van der Waals surface area contributed by atoms with E-state index >= 15 is 0 Å². The Bertz CT molecular complexity index is 1500. The van der Waals surface area contributed by atoms with Crippen LogP contribution < -0.4 is 0 Å². The van der Waals surface area contributed by atoms with Gasteiger partial charge in [-0.25, -0.2) is 4.57 Å². The Hall–Kier alpha value is -3.34. The van der Waals surface area contributed by atoms with Crippen LogP contribution in [-0.4, -0.2) is 66.5 Å². The first-order valence-corrected chi connectivity index (χ1v) is 29.0. The van der Waals surface area contributed by atoms with Crippen molar-refractivity contribution in [3.8, 4) is 0 Å². The van der Waals surface area contributed by atoms with Crippen molar-refractivity contribution < 1.29 is 52.2 Å². The van der Waals surface area contributed by atoms with Gasteiger partial charge < -0.3 is 24.2 Å². The molecule has 0 aromatic heterocycles. The van der Waals surface area contributed by atoms with Crippen LogP contribution in [0, 0.1) is 0 Å². The van der Waals surface area contributed by atoms with Crippen molar-refractivity contribution in [1.82, 2.24) is 0 Å². The zero-order chi connectivity index (χ0) is 51.3. The molecule has 3 atom stereocenters. The summed E-state index contributed by atoms with van der Waals surface area (Å²) in [6, 6.07) is 0. The van der Waals surface area contributed by atoms with Crippen LogP contribution in [0.25, 0.3) is 0 Å². The molecule has 70 heavy (non-hydrogen) atoms. The Morgan fingerprint density at radius 1 is 0.429 bits per heavy atom. The number of hydrogen-bond donors (Lipinski definition) is 2. The Labute approximate surface area is 426 Å². The van der Waals surface area contributed by atoms with Gasteiger partial charge in [0.15, 0.2) is 6.10 Å². The number of carbonyl (C=O) groups excluding carboxylic acids is 3. The van der Waals surface area contributed by atoms with Crippen molar-refractivity contribution in [3.05, 3.63) is 85.1 Å². The minimum atomic E-state index is -4.77. The first-order valence-electron chi connectivity index (χ1n) is 27.5. The van der Waals surface area contributed by atoms with Crippen LogP contribution in [0.4, 0.5) is 0 Å².